The number of carbonyl (C=O) groups excluding carboxylic acids is 1. The number of ether oxygens (including phenoxy) is 1. The van der Waals surface area contributed by atoms with Gasteiger partial charge in [-0.1, -0.05) is 29.8 Å². The number of hydrogen-bond acceptors (Lipinski definition) is 7. The fourth-order valence-electron chi connectivity index (χ4n) is 3.79. The lowest BCUT2D eigenvalue weighted by molar-refractivity contribution is 0.0845. The van der Waals surface area contributed by atoms with Gasteiger partial charge < -0.3 is 19.7 Å². The Morgan fingerprint density at radius 1 is 1.30 bits per heavy atom. The number of para-hydroxylation sites is 1. The molecule has 3 aromatic rings. The highest BCUT2D eigenvalue weighted by atomic mass is 16.5. The minimum absolute atomic E-state index is 0.155. The van der Waals surface area contributed by atoms with Crippen LogP contribution in [0.2, 0.25) is 0 Å². The summed E-state index contributed by atoms with van der Waals surface area (Å²) in [5.74, 6) is 0.828. The highest BCUT2D eigenvalue weighted by Gasteiger charge is 2.21. The van der Waals surface area contributed by atoms with Gasteiger partial charge in [0.2, 0.25) is 0 Å². The van der Waals surface area contributed by atoms with Crippen LogP contribution >= 0.6 is 0 Å². The van der Waals surface area contributed by atoms with Crippen LogP contribution in [0, 0.1) is 0 Å². The third-order valence-electron chi connectivity index (χ3n) is 5.40. The summed E-state index contributed by atoms with van der Waals surface area (Å²) in [6, 6.07) is 11.3. The summed E-state index contributed by atoms with van der Waals surface area (Å²) in [5.41, 5.74) is 0.998. The molecule has 1 saturated heterocycles. The number of nitrogens with zero attached hydrogens (tertiary/aromatic N) is 3. The minimum Gasteiger partial charge on any atom is -0.483 e. The van der Waals surface area contributed by atoms with Crippen LogP contribution in [0.4, 0.5) is 0 Å². The first-order valence-corrected chi connectivity index (χ1v) is 10.3. The lowest BCUT2D eigenvalue weighted by atomic mass is 10.0. The van der Waals surface area contributed by atoms with E-state index < -0.39 is 0 Å². The zero-order valence-corrected chi connectivity index (χ0v) is 16.8. The number of nitrogens with one attached hydrogen (secondary N) is 1. The number of benzene rings is 1. The number of pyridine rings is 1. The molecule has 2 aromatic heterocycles. The van der Waals surface area contributed by atoms with Gasteiger partial charge in [0.25, 0.3) is 5.91 Å². The second-order valence-electron chi connectivity index (χ2n) is 7.42. The maximum absolute atomic E-state index is 12.3. The van der Waals surface area contributed by atoms with Gasteiger partial charge in [0.15, 0.2) is 11.5 Å². The Balaban J connectivity index is 1.28. The second kappa shape index (κ2) is 9.69. The van der Waals surface area contributed by atoms with E-state index in [0.29, 0.717) is 24.6 Å². The molecule has 0 spiro atoms. The van der Waals surface area contributed by atoms with Crippen LogP contribution in [0.5, 0.6) is 5.75 Å². The van der Waals surface area contributed by atoms with Gasteiger partial charge in [-0.05, 0) is 31.5 Å². The number of fused-ring (bicyclic) bond motifs is 1. The molecular weight excluding hydrogens is 384 g/mol. The smallest absolute Gasteiger partial charge is 0.273 e. The van der Waals surface area contributed by atoms with E-state index in [1.54, 1.807) is 12.3 Å². The average Bonchev–Trinajstić information content (AvgIpc) is 3.27. The van der Waals surface area contributed by atoms with E-state index in [4.69, 9.17) is 9.26 Å². The molecular formula is C22H26N4O4. The third-order valence-corrected chi connectivity index (χ3v) is 5.40. The minimum atomic E-state index is -0.283. The zero-order chi connectivity index (χ0) is 20.8. The molecule has 1 aromatic carbocycles. The number of piperidine rings is 1. The SMILES string of the molecule is O=C(NCCN1CCCCC1CO)c1cc(COc2cccc3cccnc23)on1. The number of likely N-dealkylation sites (tertiary alicyclic amines) is 1. The molecule has 0 aliphatic carbocycles. The average molecular weight is 410 g/mol. The van der Waals surface area contributed by atoms with Crippen molar-refractivity contribution in [3.63, 3.8) is 0 Å². The molecule has 1 fully saturated rings. The molecule has 3 heterocycles. The molecule has 8 nitrogen and oxygen atoms in total. The first-order valence-electron chi connectivity index (χ1n) is 10.3. The molecule has 30 heavy (non-hydrogen) atoms. The highest BCUT2D eigenvalue weighted by Crippen LogP contribution is 2.24. The first kappa shape index (κ1) is 20.3. The van der Waals surface area contributed by atoms with E-state index >= 15 is 0 Å². The number of aliphatic hydroxyl groups excluding tert-OH is 1. The number of carbonyl (C=O) groups is 1. The number of aromatic nitrogens is 2. The van der Waals surface area contributed by atoms with Gasteiger partial charge in [0.05, 0.1) is 6.61 Å². The van der Waals surface area contributed by atoms with Gasteiger partial charge in [-0.2, -0.15) is 0 Å². The predicted octanol–water partition coefficient (Wildman–Crippen LogP) is 2.38. The Kier molecular flexibility index (Phi) is 6.56. The number of rotatable bonds is 8. The molecule has 0 bridgehead atoms. The van der Waals surface area contributed by atoms with Crippen LogP contribution in [0.25, 0.3) is 10.9 Å². The standard InChI is InChI=1S/C22H26N4O4/c27-14-17-7-1-2-11-26(17)12-10-24-22(28)19-13-18(30-25-19)15-29-20-8-3-5-16-6-4-9-23-21(16)20/h3-6,8-9,13,17,27H,1-2,7,10-12,14-15H2,(H,24,28). The normalized spacial score (nSPS) is 17.2. The quantitative estimate of drug-likeness (QED) is 0.588. The van der Waals surface area contributed by atoms with Gasteiger partial charge in [-0.25, -0.2) is 0 Å². The summed E-state index contributed by atoms with van der Waals surface area (Å²) in [6.45, 7) is 2.47. The van der Waals surface area contributed by atoms with Crippen LogP contribution in [-0.4, -0.2) is 58.3 Å². The molecule has 2 N–H and O–H groups in total. The Morgan fingerprint density at radius 2 is 2.20 bits per heavy atom. The van der Waals surface area contributed by atoms with Crippen molar-refractivity contribution >= 4 is 16.8 Å². The van der Waals surface area contributed by atoms with E-state index in [-0.39, 0.29) is 30.9 Å². The van der Waals surface area contributed by atoms with Crippen molar-refractivity contribution in [1.29, 1.82) is 0 Å². The number of hydrogen-bond donors (Lipinski definition) is 2. The van der Waals surface area contributed by atoms with Crippen LogP contribution in [0.1, 0.15) is 35.5 Å². The maximum Gasteiger partial charge on any atom is 0.273 e. The summed E-state index contributed by atoms with van der Waals surface area (Å²) in [6.07, 6.45) is 5.00. The largest absolute Gasteiger partial charge is 0.483 e. The van der Waals surface area contributed by atoms with E-state index in [2.05, 4.69) is 20.4 Å². The molecule has 1 atom stereocenters. The lowest BCUT2D eigenvalue weighted by Crippen LogP contribution is -2.45. The molecule has 158 valence electrons. The molecule has 1 unspecified atom stereocenters. The van der Waals surface area contributed by atoms with E-state index in [1.807, 2.05) is 30.3 Å². The number of amides is 1. The van der Waals surface area contributed by atoms with Crippen molar-refractivity contribution in [2.24, 2.45) is 0 Å². The van der Waals surface area contributed by atoms with Crippen molar-refractivity contribution in [1.82, 2.24) is 20.4 Å². The van der Waals surface area contributed by atoms with Gasteiger partial charge in [0.1, 0.15) is 17.9 Å². The van der Waals surface area contributed by atoms with Crippen molar-refractivity contribution in [3.8, 4) is 5.75 Å². The summed E-state index contributed by atoms with van der Waals surface area (Å²) in [5, 5.41) is 17.2. The Bertz CT molecular complexity index is 985. The fourth-order valence-corrected chi connectivity index (χ4v) is 3.79. The molecule has 1 amide bonds. The topological polar surface area (TPSA) is 101 Å². The van der Waals surface area contributed by atoms with Gasteiger partial charge in [-0.15, -0.1) is 0 Å². The summed E-state index contributed by atoms with van der Waals surface area (Å²) < 4.78 is 11.1. The monoisotopic (exact) mass is 410 g/mol. The molecule has 8 heteroatoms. The molecule has 0 radical (unpaired) electrons. The van der Waals surface area contributed by atoms with Crippen molar-refractivity contribution < 1.29 is 19.2 Å². The van der Waals surface area contributed by atoms with Crippen LogP contribution < -0.4 is 10.1 Å². The van der Waals surface area contributed by atoms with E-state index in [1.165, 1.54) is 0 Å². The molecule has 0 saturated carbocycles. The maximum atomic E-state index is 12.3. The van der Waals surface area contributed by atoms with Gasteiger partial charge in [-0.3, -0.25) is 14.7 Å². The van der Waals surface area contributed by atoms with Crippen molar-refractivity contribution in [3.05, 3.63) is 54.0 Å². The Morgan fingerprint density at radius 3 is 3.10 bits per heavy atom. The second-order valence-corrected chi connectivity index (χ2v) is 7.42. The van der Waals surface area contributed by atoms with E-state index in [0.717, 1.165) is 36.7 Å². The first-order chi connectivity index (χ1) is 14.7. The molecule has 1 aliphatic rings. The highest BCUT2D eigenvalue weighted by molar-refractivity contribution is 5.92. The molecule has 4 rings (SSSR count). The van der Waals surface area contributed by atoms with Crippen molar-refractivity contribution in [2.45, 2.75) is 31.9 Å². The third kappa shape index (κ3) is 4.77. The lowest BCUT2D eigenvalue weighted by Gasteiger charge is -2.34. The fraction of sp³-hybridized carbons (Fsp3) is 0.409. The summed E-state index contributed by atoms with van der Waals surface area (Å²) >= 11 is 0. The summed E-state index contributed by atoms with van der Waals surface area (Å²) in [7, 11) is 0. The van der Waals surface area contributed by atoms with Gasteiger partial charge >= 0.3 is 0 Å². The van der Waals surface area contributed by atoms with E-state index in [9.17, 15) is 9.90 Å². The Hall–Kier alpha value is -2.97. The number of aliphatic hydroxyl groups is 1. The Labute approximate surface area is 174 Å². The van der Waals surface area contributed by atoms with Crippen LogP contribution in [0.3, 0.4) is 0 Å². The zero-order valence-electron chi connectivity index (χ0n) is 16.8. The van der Waals surface area contributed by atoms with Gasteiger partial charge in [0, 0.05) is 36.8 Å². The molecule has 1 aliphatic heterocycles. The predicted molar refractivity (Wildman–Crippen MR) is 111 cm³/mol. The van der Waals surface area contributed by atoms with Crippen LogP contribution in [0.15, 0.2) is 47.1 Å². The summed E-state index contributed by atoms with van der Waals surface area (Å²) in [4.78, 5) is 18.9. The van der Waals surface area contributed by atoms with Crippen LogP contribution in [-0.2, 0) is 6.61 Å². The van der Waals surface area contributed by atoms with Crippen molar-refractivity contribution in [2.75, 3.05) is 26.2 Å².